The highest BCUT2D eigenvalue weighted by atomic mass is 19.1. The number of halogens is 1. The van der Waals surface area contributed by atoms with Crippen LogP contribution in [0.5, 0.6) is 0 Å². The monoisotopic (exact) mass is 469 g/mol. The molecule has 1 aromatic heterocycles. The molecule has 1 amide bonds. The van der Waals surface area contributed by atoms with Crippen LogP contribution in [0.4, 0.5) is 4.39 Å². The van der Waals surface area contributed by atoms with E-state index in [1.807, 2.05) is 29.2 Å². The van der Waals surface area contributed by atoms with E-state index in [4.69, 9.17) is 0 Å². The Bertz CT molecular complexity index is 1320. The topological polar surface area (TPSA) is 39.3 Å². The molecule has 0 aliphatic carbocycles. The number of benzene rings is 3. The second kappa shape index (κ2) is 10.0. The Labute approximate surface area is 206 Å². The summed E-state index contributed by atoms with van der Waals surface area (Å²) in [5.74, 6) is -0.0909. The number of aryl methyl sites for hydroxylation is 2. The number of rotatable bonds is 6. The number of aromatic nitrogens is 1. The number of piperazine rings is 1. The third kappa shape index (κ3) is 5.30. The quantitative estimate of drug-likeness (QED) is 0.404. The number of fused-ring (bicyclic) bond motifs is 1. The summed E-state index contributed by atoms with van der Waals surface area (Å²) in [5.41, 5.74) is 8.07. The molecule has 0 atom stereocenters. The largest absolute Gasteiger partial charge is 0.358 e. The second-order valence-corrected chi connectivity index (χ2v) is 9.64. The van der Waals surface area contributed by atoms with Crippen LogP contribution in [0, 0.1) is 19.7 Å². The van der Waals surface area contributed by atoms with Crippen molar-refractivity contribution in [2.75, 3.05) is 32.7 Å². The van der Waals surface area contributed by atoms with Gasteiger partial charge in [-0.3, -0.25) is 9.69 Å². The van der Waals surface area contributed by atoms with Gasteiger partial charge in [0.05, 0.1) is 0 Å². The summed E-state index contributed by atoms with van der Waals surface area (Å²) in [4.78, 5) is 20.8. The maximum atomic E-state index is 13.1. The van der Waals surface area contributed by atoms with E-state index in [2.05, 4.69) is 54.1 Å². The van der Waals surface area contributed by atoms with E-state index in [0.717, 1.165) is 56.7 Å². The number of hydrogen-bond acceptors (Lipinski definition) is 2. The molecule has 0 unspecified atom stereocenters. The van der Waals surface area contributed by atoms with Gasteiger partial charge >= 0.3 is 0 Å². The van der Waals surface area contributed by atoms with Crippen molar-refractivity contribution in [2.45, 2.75) is 26.7 Å². The number of carbonyl (C=O) groups is 1. The first kappa shape index (κ1) is 23.3. The number of H-pyrrole nitrogens is 1. The molecule has 2 heterocycles. The summed E-state index contributed by atoms with van der Waals surface area (Å²) in [6, 6.07) is 21.4. The molecule has 1 fully saturated rings. The van der Waals surface area contributed by atoms with Crippen LogP contribution in [0.1, 0.15) is 38.3 Å². The van der Waals surface area contributed by atoms with Crippen LogP contribution in [0.2, 0.25) is 0 Å². The van der Waals surface area contributed by atoms with Gasteiger partial charge in [-0.2, -0.15) is 0 Å². The first-order valence-electron chi connectivity index (χ1n) is 12.4. The van der Waals surface area contributed by atoms with Gasteiger partial charge in [0.25, 0.3) is 5.91 Å². The minimum atomic E-state index is -0.197. The molecule has 0 saturated carbocycles. The summed E-state index contributed by atoms with van der Waals surface area (Å²) in [6.07, 6.45) is 1.74. The average Bonchev–Trinajstić information content (AvgIpc) is 3.17. The number of carbonyl (C=O) groups excluding carboxylic acids is 1. The van der Waals surface area contributed by atoms with E-state index >= 15 is 0 Å². The van der Waals surface area contributed by atoms with Crippen molar-refractivity contribution in [3.05, 3.63) is 106 Å². The van der Waals surface area contributed by atoms with Gasteiger partial charge < -0.3 is 9.88 Å². The minimum Gasteiger partial charge on any atom is -0.358 e. The third-order valence-electron chi connectivity index (χ3n) is 7.27. The zero-order chi connectivity index (χ0) is 24.4. The van der Waals surface area contributed by atoms with Crippen LogP contribution in [-0.4, -0.2) is 53.4 Å². The standard InChI is InChI=1S/C30H32FN3O/c1-21-22(2)32-29-12-7-25(20-28(21)29)19-24-3-8-26(9-4-24)30(35)34-17-15-33(16-18-34)14-13-23-5-10-27(31)11-6-23/h3-12,20,32H,13-19H2,1-2H3. The second-order valence-electron chi connectivity index (χ2n) is 9.64. The third-order valence-corrected chi connectivity index (χ3v) is 7.27. The molecule has 1 saturated heterocycles. The molecule has 0 radical (unpaired) electrons. The number of amides is 1. The van der Waals surface area contributed by atoms with E-state index in [-0.39, 0.29) is 11.7 Å². The molecule has 5 rings (SSSR count). The van der Waals surface area contributed by atoms with Gasteiger partial charge in [0.1, 0.15) is 5.82 Å². The number of nitrogens with zero attached hydrogens (tertiary/aromatic N) is 2. The summed E-state index contributed by atoms with van der Waals surface area (Å²) >= 11 is 0. The Kier molecular flexibility index (Phi) is 6.69. The molecule has 5 heteroatoms. The minimum absolute atomic E-state index is 0.106. The lowest BCUT2D eigenvalue weighted by Crippen LogP contribution is -2.49. The number of nitrogens with one attached hydrogen (secondary N) is 1. The summed E-state index contributed by atoms with van der Waals surface area (Å²) in [6.45, 7) is 8.40. The van der Waals surface area contributed by atoms with E-state index in [0.29, 0.717) is 0 Å². The lowest BCUT2D eigenvalue weighted by Gasteiger charge is -2.34. The Balaban J connectivity index is 1.14. The molecule has 0 bridgehead atoms. The first-order chi connectivity index (χ1) is 17.0. The summed E-state index contributed by atoms with van der Waals surface area (Å²) < 4.78 is 13.1. The van der Waals surface area contributed by atoms with E-state index in [1.165, 1.54) is 45.4 Å². The van der Waals surface area contributed by atoms with Crippen molar-refractivity contribution in [3.63, 3.8) is 0 Å². The summed E-state index contributed by atoms with van der Waals surface area (Å²) in [5, 5.41) is 1.28. The number of aromatic amines is 1. The predicted molar refractivity (Wildman–Crippen MR) is 139 cm³/mol. The average molecular weight is 470 g/mol. The van der Waals surface area contributed by atoms with Crippen molar-refractivity contribution in [1.82, 2.24) is 14.8 Å². The van der Waals surface area contributed by atoms with Gasteiger partial charge in [-0.1, -0.05) is 30.3 Å². The lowest BCUT2D eigenvalue weighted by molar-refractivity contribution is 0.0638. The van der Waals surface area contributed by atoms with Crippen LogP contribution < -0.4 is 0 Å². The maximum Gasteiger partial charge on any atom is 0.253 e. The smallest absolute Gasteiger partial charge is 0.253 e. The molecule has 3 aromatic carbocycles. The van der Waals surface area contributed by atoms with E-state index < -0.39 is 0 Å². The highest BCUT2D eigenvalue weighted by Crippen LogP contribution is 2.24. The zero-order valence-electron chi connectivity index (χ0n) is 20.5. The van der Waals surface area contributed by atoms with Crippen LogP contribution >= 0.6 is 0 Å². The molecule has 1 aliphatic rings. The highest BCUT2D eigenvalue weighted by molar-refractivity contribution is 5.94. The zero-order valence-corrected chi connectivity index (χ0v) is 20.5. The Hall–Kier alpha value is -3.44. The molecule has 1 N–H and O–H groups in total. The Morgan fingerprint density at radius 2 is 1.51 bits per heavy atom. The van der Waals surface area contributed by atoms with Gasteiger partial charge in [-0.05, 0) is 85.3 Å². The predicted octanol–water partition coefficient (Wildman–Crippen LogP) is 5.52. The SMILES string of the molecule is Cc1[nH]c2ccc(Cc3ccc(C(=O)N4CCN(CCc5ccc(F)cc5)CC4)cc3)cc2c1C. The fourth-order valence-electron chi connectivity index (χ4n) is 4.91. The Morgan fingerprint density at radius 3 is 2.23 bits per heavy atom. The van der Waals surface area contributed by atoms with Crippen molar-refractivity contribution in [3.8, 4) is 0 Å². The number of hydrogen-bond donors (Lipinski definition) is 1. The molecular weight excluding hydrogens is 437 g/mol. The van der Waals surface area contributed by atoms with E-state index in [9.17, 15) is 9.18 Å². The van der Waals surface area contributed by atoms with Gasteiger partial charge in [-0.25, -0.2) is 4.39 Å². The van der Waals surface area contributed by atoms with Crippen LogP contribution in [-0.2, 0) is 12.8 Å². The fourth-order valence-corrected chi connectivity index (χ4v) is 4.91. The maximum absolute atomic E-state index is 13.1. The van der Waals surface area contributed by atoms with Crippen molar-refractivity contribution < 1.29 is 9.18 Å². The van der Waals surface area contributed by atoms with Gasteiger partial charge in [0.15, 0.2) is 0 Å². The van der Waals surface area contributed by atoms with Crippen molar-refractivity contribution in [2.24, 2.45) is 0 Å². The first-order valence-corrected chi connectivity index (χ1v) is 12.4. The molecule has 4 nitrogen and oxygen atoms in total. The molecule has 4 aromatic rings. The normalized spacial score (nSPS) is 14.5. The van der Waals surface area contributed by atoms with Crippen LogP contribution in [0.3, 0.4) is 0 Å². The lowest BCUT2D eigenvalue weighted by atomic mass is 10.0. The van der Waals surface area contributed by atoms with Gasteiger partial charge in [0.2, 0.25) is 0 Å². The van der Waals surface area contributed by atoms with E-state index in [1.54, 1.807) is 0 Å². The summed E-state index contributed by atoms with van der Waals surface area (Å²) in [7, 11) is 0. The molecule has 1 aliphatic heterocycles. The molecule has 35 heavy (non-hydrogen) atoms. The van der Waals surface area contributed by atoms with Crippen LogP contribution in [0.15, 0.2) is 66.7 Å². The Morgan fingerprint density at radius 1 is 0.857 bits per heavy atom. The van der Waals surface area contributed by atoms with Crippen molar-refractivity contribution in [1.29, 1.82) is 0 Å². The molecular formula is C30H32FN3O. The molecule has 0 spiro atoms. The van der Waals surface area contributed by atoms with Gasteiger partial charge in [0, 0.05) is 54.9 Å². The van der Waals surface area contributed by atoms with Crippen LogP contribution in [0.25, 0.3) is 10.9 Å². The molecule has 180 valence electrons. The highest BCUT2D eigenvalue weighted by Gasteiger charge is 2.22. The van der Waals surface area contributed by atoms with Crippen molar-refractivity contribution >= 4 is 16.8 Å². The van der Waals surface area contributed by atoms with Gasteiger partial charge in [-0.15, -0.1) is 0 Å². The fraction of sp³-hybridized carbons (Fsp3) is 0.300.